The van der Waals surface area contributed by atoms with Crippen molar-refractivity contribution in [3.8, 4) is 22.6 Å². The van der Waals surface area contributed by atoms with Crippen LogP contribution in [0.5, 0.6) is 0 Å². The van der Waals surface area contributed by atoms with Gasteiger partial charge in [-0.25, -0.2) is 18.4 Å². The molecule has 1 saturated heterocycles. The van der Waals surface area contributed by atoms with Crippen LogP contribution in [0.15, 0.2) is 87.3 Å². The second-order valence-electron chi connectivity index (χ2n) is 17.8. The first kappa shape index (κ1) is 39.0. The Bertz CT molecular complexity index is 3300. The first-order valence-electron chi connectivity index (χ1n) is 21.2. The van der Waals surface area contributed by atoms with Gasteiger partial charge in [0.1, 0.15) is 28.4 Å². The van der Waals surface area contributed by atoms with E-state index in [1.54, 1.807) is 58.7 Å². The first-order valence-corrected chi connectivity index (χ1v) is 21.2. The fourth-order valence-electron chi connectivity index (χ4n) is 10.1. The van der Waals surface area contributed by atoms with E-state index in [2.05, 4.69) is 47.3 Å². The minimum Gasteiger partial charge on any atom is -0.376 e. The Morgan fingerprint density at radius 3 is 2.51 bits per heavy atom. The molecule has 1 amide bonds. The number of carbonyl (C=O) groups is 1. The third-order valence-corrected chi connectivity index (χ3v) is 13.4. The number of rotatable bonds is 7. The second-order valence-corrected chi connectivity index (χ2v) is 17.8. The first-order chi connectivity index (χ1) is 30.2. The van der Waals surface area contributed by atoms with Crippen LogP contribution in [0, 0.1) is 18.6 Å². The van der Waals surface area contributed by atoms with Gasteiger partial charge in [0.25, 0.3) is 5.91 Å². The zero-order valence-corrected chi connectivity index (χ0v) is 35.4. The lowest BCUT2D eigenvalue weighted by molar-refractivity contribution is -0.0592. The van der Waals surface area contributed by atoms with Crippen LogP contribution in [0.2, 0.25) is 0 Å². The Morgan fingerprint density at radius 2 is 1.76 bits per heavy atom. The summed E-state index contributed by atoms with van der Waals surface area (Å²) in [6.07, 6.45) is 7.47. The minimum absolute atomic E-state index is 0.0447. The lowest BCUT2D eigenvalue weighted by atomic mass is 9.83. The standard InChI is InChI=1S/C46H44F2N10O5/c1-25-20-28(6-8-32(25)47)38-40(56-16-15-55(44(56)61)35-11-10-34-31(37(35)48)24-49-53(34)5)39-26(2)54(17-18-57(39)51-38)41(59)36-22-30-21-27(29-12-19-62-45(3,4)23-29)7-9-33(30)58(36)46(13-14-46)42-50-43(60)63-52-42/h6-11,15-16,20-22,24,26,29H,12-14,17-19,23H2,1-5H3,(H,50,52,60)/t26-,29-/m1/s1. The van der Waals surface area contributed by atoms with E-state index in [0.29, 0.717) is 64.7 Å². The van der Waals surface area contributed by atoms with Gasteiger partial charge in [-0.3, -0.25) is 32.8 Å². The molecular formula is C46H44F2N10O5. The Hall–Kier alpha value is -6.88. The van der Waals surface area contributed by atoms with Crippen molar-refractivity contribution < 1.29 is 22.8 Å². The van der Waals surface area contributed by atoms with Crippen molar-refractivity contribution in [1.82, 2.24) is 48.3 Å². The molecule has 5 aromatic heterocycles. The number of benzene rings is 3. The molecule has 7 heterocycles. The highest BCUT2D eigenvalue weighted by atomic mass is 19.1. The summed E-state index contributed by atoms with van der Waals surface area (Å²) in [5, 5.41) is 14.5. The van der Waals surface area contributed by atoms with Crippen molar-refractivity contribution >= 4 is 27.7 Å². The molecule has 1 saturated carbocycles. The predicted octanol–water partition coefficient (Wildman–Crippen LogP) is 7.02. The molecule has 322 valence electrons. The number of aromatic amines is 1. The van der Waals surface area contributed by atoms with Gasteiger partial charge in [-0.1, -0.05) is 11.2 Å². The molecule has 2 fully saturated rings. The number of hydrogen-bond acceptors (Lipinski definition) is 8. The molecule has 11 rings (SSSR count). The molecule has 2 aliphatic heterocycles. The van der Waals surface area contributed by atoms with Gasteiger partial charge in [0.05, 0.1) is 46.7 Å². The SMILES string of the molecule is Cc1cc(-c2nn3c(c2-n2ccn(-c4ccc5c(cnn5C)c4F)c2=O)[C@@H](C)N(C(=O)c2cc4cc([C@@H]5CCOC(C)(C)C5)ccc4n2C2(c4noc(=O)[nH]4)CC2)CC3)ccc1F. The Labute approximate surface area is 358 Å². The normalized spacial score (nSPS) is 19.3. The number of ether oxygens (including phenoxy) is 1. The van der Waals surface area contributed by atoms with Crippen molar-refractivity contribution in [2.24, 2.45) is 7.05 Å². The van der Waals surface area contributed by atoms with Crippen LogP contribution < -0.4 is 11.4 Å². The molecule has 17 heteroatoms. The number of aryl methyl sites for hydroxylation is 2. The lowest BCUT2D eigenvalue weighted by Gasteiger charge is -2.35. The van der Waals surface area contributed by atoms with Gasteiger partial charge in [-0.2, -0.15) is 10.2 Å². The summed E-state index contributed by atoms with van der Waals surface area (Å²) in [5.74, 6) is -1.30. The number of aromatic nitrogens is 9. The van der Waals surface area contributed by atoms with Crippen molar-refractivity contribution in [1.29, 1.82) is 0 Å². The van der Waals surface area contributed by atoms with Gasteiger partial charge in [0, 0.05) is 49.1 Å². The summed E-state index contributed by atoms with van der Waals surface area (Å²) in [4.78, 5) is 46.8. The summed E-state index contributed by atoms with van der Waals surface area (Å²) in [6.45, 7) is 8.99. The number of carbonyl (C=O) groups excluding carboxylic acids is 1. The summed E-state index contributed by atoms with van der Waals surface area (Å²) in [5.41, 5.74) is 3.71. The van der Waals surface area contributed by atoms with Crippen LogP contribution in [-0.4, -0.2) is 73.0 Å². The van der Waals surface area contributed by atoms with E-state index < -0.39 is 28.8 Å². The van der Waals surface area contributed by atoms with Gasteiger partial charge in [0.2, 0.25) is 0 Å². The lowest BCUT2D eigenvalue weighted by Crippen LogP contribution is -2.43. The van der Waals surface area contributed by atoms with Crippen LogP contribution in [0.1, 0.15) is 91.5 Å². The van der Waals surface area contributed by atoms with Crippen LogP contribution in [-0.2, 0) is 23.9 Å². The minimum atomic E-state index is -0.814. The van der Waals surface area contributed by atoms with E-state index in [1.807, 2.05) is 17.6 Å². The van der Waals surface area contributed by atoms with E-state index in [9.17, 15) is 14.0 Å². The average Bonchev–Trinajstić information content (AvgIpc) is 3.72. The molecule has 0 bridgehead atoms. The molecule has 3 aliphatic rings. The van der Waals surface area contributed by atoms with Gasteiger partial charge in [-0.15, -0.1) is 0 Å². The molecule has 0 radical (unpaired) electrons. The summed E-state index contributed by atoms with van der Waals surface area (Å²) in [7, 11) is 1.72. The molecule has 63 heavy (non-hydrogen) atoms. The molecule has 2 atom stereocenters. The van der Waals surface area contributed by atoms with Crippen molar-refractivity contribution in [2.45, 2.75) is 83.0 Å². The van der Waals surface area contributed by atoms with Gasteiger partial charge < -0.3 is 14.2 Å². The predicted molar refractivity (Wildman–Crippen MR) is 228 cm³/mol. The smallest absolute Gasteiger partial charge is 0.376 e. The van der Waals surface area contributed by atoms with Crippen LogP contribution in [0.4, 0.5) is 8.78 Å². The quantitative estimate of drug-likeness (QED) is 0.179. The summed E-state index contributed by atoms with van der Waals surface area (Å²) < 4.78 is 49.8. The summed E-state index contributed by atoms with van der Waals surface area (Å²) in [6, 6.07) is 15.5. The van der Waals surface area contributed by atoms with Crippen molar-refractivity contribution in [3.05, 3.63) is 134 Å². The van der Waals surface area contributed by atoms with E-state index in [-0.39, 0.29) is 47.4 Å². The number of nitrogens with zero attached hydrogens (tertiary/aromatic N) is 9. The molecule has 3 aromatic carbocycles. The highest BCUT2D eigenvalue weighted by molar-refractivity contribution is 6.00. The third-order valence-electron chi connectivity index (χ3n) is 13.4. The second kappa shape index (κ2) is 13.8. The maximum absolute atomic E-state index is 16.1. The maximum atomic E-state index is 16.1. The Morgan fingerprint density at radius 1 is 0.968 bits per heavy atom. The van der Waals surface area contributed by atoms with E-state index in [1.165, 1.54) is 27.6 Å². The average molecular weight is 855 g/mol. The van der Waals surface area contributed by atoms with E-state index >= 15 is 9.18 Å². The topological polar surface area (TPSA) is 156 Å². The Kier molecular flexibility index (Phi) is 8.55. The number of amides is 1. The number of hydrogen-bond donors (Lipinski definition) is 1. The number of fused-ring (bicyclic) bond motifs is 3. The molecular weight excluding hydrogens is 811 g/mol. The Balaban J connectivity index is 1.04. The molecule has 0 spiro atoms. The molecule has 0 unspecified atom stereocenters. The maximum Gasteiger partial charge on any atom is 0.438 e. The highest BCUT2D eigenvalue weighted by Gasteiger charge is 2.52. The van der Waals surface area contributed by atoms with Gasteiger partial charge in [-0.05, 0) is 119 Å². The van der Waals surface area contributed by atoms with Crippen molar-refractivity contribution in [3.63, 3.8) is 0 Å². The van der Waals surface area contributed by atoms with Crippen LogP contribution in [0.3, 0.4) is 0 Å². The number of H-pyrrole nitrogens is 1. The van der Waals surface area contributed by atoms with Gasteiger partial charge >= 0.3 is 11.4 Å². The number of halogens is 2. The van der Waals surface area contributed by atoms with Crippen LogP contribution >= 0.6 is 0 Å². The highest BCUT2D eigenvalue weighted by Crippen LogP contribution is 2.51. The van der Waals surface area contributed by atoms with Crippen LogP contribution in [0.25, 0.3) is 44.4 Å². The number of nitrogens with one attached hydrogen (secondary N) is 1. The fourth-order valence-corrected chi connectivity index (χ4v) is 10.1. The van der Waals surface area contributed by atoms with Gasteiger partial charge in [0.15, 0.2) is 11.6 Å². The zero-order chi connectivity index (χ0) is 43.7. The van der Waals surface area contributed by atoms with Crippen molar-refractivity contribution in [2.75, 3.05) is 13.2 Å². The zero-order valence-electron chi connectivity index (χ0n) is 35.4. The molecule has 15 nitrogen and oxygen atoms in total. The largest absolute Gasteiger partial charge is 0.438 e. The third kappa shape index (κ3) is 5.99. The number of imidazole rings is 1. The van der Waals surface area contributed by atoms with E-state index in [0.717, 1.165) is 29.3 Å². The monoisotopic (exact) mass is 854 g/mol. The fraction of sp³-hybridized carbons (Fsp3) is 0.348. The molecule has 8 aromatic rings. The van der Waals surface area contributed by atoms with E-state index in [4.69, 9.17) is 14.4 Å². The molecule has 1 N–H and O–H groups in total. The molecule has 1 aliphatic carbocycles. The summed E-state index contributed by atoms with van der Waals surface area (Å²) >= 11 is 0.